The molecule has 10 heavy (non-hydrogen) atoms. The highest BCUT2D eigenvalue weighted by molar-refractivity contribution is 7.80. The normalized spacial score (nSPS) is 8.90. The molecule has 0 spiro atoms. The second-order valence-electron chi connectivity index (χ2n) is 1.99. The standard InChI is InChI=1S/C6H12N2OS/c1-2-3-6(9)8-4-5(7)10/h2-4H2,1H3,(H2,7,10)(H,8,9). The van der Waals surface area contributed by atoms with Gasteiger partial charge in [0.25, 0.3) is 0 Å². The molecule has 0 aromatic carbocycles. The highest BCUT2D eigenvalue weighted by Gasteiger charge is 1.97. The smallest absolute Gasteiger partial charge is 0.220 e. The lowest BCUT2D eigenvalue weighted by Crippen LogP contribution is -2.31. The van der Waals surface area contributed by atoms with Crippen molar-refractivity contribution in [2.24, 2.45) is 5.73 Å². The SMILES string of the molecule is CCCC(=O)NCC(N)=S. The summed E-state index contributed by atoms with van der Waals surface area (Å²) in [5.74, 6) is 0.00954. The topological polar surface area (TPSA) is 55.1 Å². The molecule has 58 valence electrons. The zero-order valence-electron chi connectivity index (χ0n) is 6.02. The van der Waals surface area contributed by atoms with Gasteiger partial charge >= 0.3 is 0 Å². The minimum atomic E-state index is 0.00954. The summed E-state index contributed by atoms with van der Waals surface area (Å²) in [7, 11) is 0. The average molecular weight is 160 g/mol. The number of hydrogen-bond acceptors (Lipinski definition) is 2. The van der Waals surface area contributed by atoms with Crippen LogP contribution in [0.5, 0.6) is 0 Å². The molecule has 0 radical (unpaired) electrons. The molecule has 0 rings (SSSR count). The predicted octanol–water partition coefficient (Wildman–Crippen LogP) is 0.189. The summed E-state index contributed by atoms with van der Waals surface area (Å²) < 4.78 is 0. The highest BCUT2D eigenvalue weighted by Crippen LogP contribution is 1.84. The Balaban J connectivity index is 3.30. The van der Waals surface area contributed by atoms with Crippen LogP contribution in [0.3, 0.4) is 0 Å². The van der Waals surface area contributed by atoms with E-state index in [0.717, 1.165) is 6.42 Å². The third-order valence-electron chi connectivity index (χ3n) is 0.937. The molecule has 0 fully saturated rings. The van der Waals surface area contributed by atoms with Gasteiger partial charge < -0.3 is 11.1 Å². The molecule has 0 saturated carbocycles. The first kappa shape index (κ1) is 9.36. The van der Waals surface area contributed by atoms with Gasteiger partial charge in [0.15, 0.2) is 0 Å². The second kappa shape index (κ2) is 5.17. The van der Waals surface area contributed by atoms with Crippen molar-refractivity contribution < 1.29 is 4.79 Å². The van der Waals surface area contributed by atoms with Gasteiger partial charge in [0, 0.05) is 6.42 Å². The van der Waals surface area contributed by atoms with Crippen LogP contribution in [0.1, 0.15) is 19.8 Å². The fourth-order valence-corrected chi connectivity index (χ4v) is 0.573. The molecular formula is C6H12N2OS. The fraction of sp³-hybridized carbons (Fsp3) is 0.667. The van der Waals surface area contributed by atoms with Gasteiger partial charge in [-0.25, -0.2) is 0 Å². The number of rotatable bonds is 4. The predicted molar refractivity (Wildman–Crippen MR) is 44.7 cm³/mol. The van der Waals surface area contributed by atoms with Crippen LogP contribution in [-0.2, 0) is 4.79 Å². The van der Waals surface area contributed by atoms with Crippen LogP contribution in [0.25, 0.3) is 0 Å². The zero-order valence-corrected chi connectivity index (χ0v) is 6.83. The number of nitrogens with two attached hydrogens (primary N) is 1. The monoisotopic (exact) mass is 160 g/mol. The number of carbonyl (C=O) groups is 1. The first-order valence-corrected chi connectivity index (χ1v) is 3.62. The average Bonchev–Trinajstić information content (AvgIpc) is 1.85. The Kier molecular flexibility index (Phi) is 4.84. The summed E-state index contributed by atoms with van der Waals surface area (Å²) in [6, 6.07) is 0. The van der Waals surface area contributed by atoms with Gasteiger partial charge in [0.2, 0.25) is 5.91 Å². The lowest BCUT2D eigenvalue weighted by molar-refractivity contribution is -0.120. The first-order valence-electron chi connectivity index (χ1n) is 3.21. The molecule has 0 unspecified atom stereocenters. The van der Waals surface area contributed by atoms with E-state index in [1.165, 1.54) is 0 Å². The van der Waals surface area contributed by atoms with Crippen LogP contribution < -0.4 is 11.1 Å². The van der Waals surface area contributed by atoms with Crippen molar-refractivity contribution in [1.82, 2.24) is 5.32 Å². The third kappa shape index (κ3) is 5.50. The van der Waals surface area contributed by atoms with Crippen molar-refractivity contribution in [2.45, 2.75) is 19.8 Å². The van der Waals surface area contributed by atoms with Gasteiger partial charge in [-0.15, -0.1) is 0 Å². The van der Waals surface area contributed by atoms with Gasteiger partial charge in [-0.2, -0.15) is 0 Å². The lowest BCUT2D eigenvalue weighted by Gasteiger charge is -2.00. The highest BCUT2D eigenvalue weighted by atomic mass is 32.1. The van der Waals surface area contributed by atoms with Gasteiger partial charge in [0.05, 0.1) is 11.5 Å². The molecule has 4 heteroatoms. The summed E-state index contributed by atoms with van der Waals surface area (Å²) in [5.41, 5.74) is 5.15. The van der Waals surface area contributed by atoms with E-state index in [1.54, 1.807) is 0 Å². The molecule has 1 amide bonds. The maximum atomic E-state index is 10.7. The summed E-state index contributed by atoms with van der Waals surface area (Å²) >= 11 is 4.56. The van der Waals surface area contributed by atoms with Gasteiger partial charge in [-0.1, -0.05) is 19.1 Å². The Bertz CT molecular complexity index is 136. The van der Waals surface area contributed by atoms with Crippen molar-refractivity contribution in [1.29, 1.82) is 0 Å². The van der Waals surface area contributed by atoms with Crippen LogP contribution in [0.15, 0.2) is 0 Å². The fourth-order valence-electron chi connectivity index (χ4n) is 0.501. The molecule has 0 aromatic heterocycles. The molecule has 3 nitrogen and oxygen atoms in total. The Labute approximate surface area is 66.0 Å². The Morgan fingerprint density at radius 2 is 2.30 bits per heavy atom. The van der Waals surface area contributed by atoms with E-state index >= 15 is 0 Å². The zero-order chi connectivity index (χ0) is 7.98. The van der Waals surface area contributed by atoms with Crippen LogP contribution in [0.4, 0.5) is 0 Å². The van der Waals surface area contributed by atoms with Crippen molar-refractivity contribution in [3.63, 3.8) is 0 Å². The van der Waals surface area contributed by atoms with E-state index in [1.807, 2.05) is 6.92 Å². The number of nitrogens with one attached hydrogen (secondary N) is 1. The maximum absolute atomic E-state index is 10.7. The first-order chi connectivity index (χ1) is 4.66. The van der Waals surface area contributed by atoms with Crippen LogP contribution in [0.2, 0.25) is 0 Å². The van der Waals surface area contributed by atoms with Crippen molar-refractivity contribution in [2.75, 3.05) is 6.54 Å². The summed E-state index contributed by atoms with van der Waals surface area (Å²) in [6.07, 6.45) is 1.39. The van der Waals surface area contributed by atoms with E-state index in [0.29, 0.717) is 18.0 Å². The number of thiocarbonyl (C=S) groups is 1. The minimum Gasteiger partial charge on any atom is -0.392 e. The number of hydrogen-bond donors (Lipinski definition) is 2. The molecular weight excluding hydrogens is 148 g/mol. The summed E-state index contributed by atoms with van der Waals surface area (Å²) in [5, 5.41) is 2.58. The Morgan fingerprint density at radius 3 is 2.70 bits per heavy atom. The van der Waals surface area contributed by atoms with E-state index < -0.39 is 0 Å². The molecule has 0 heterocycles. The molecule has 0 aromatic rings. The van der Waals surface area contributed by atoms with Crippen molar-refractivity contribution >= 4 is 23.1 Å². The van der Waals surface area contributed by atoms with Gasteiger partial charge in [-0.3, -0.25) is 4.79 Å². The van der Waals surface area contributed by atoms with Crippen molar-refractivity contribution in [3.05, 3.63) is 0 Å². The summed E-state index contributed by atoms with van der Waals surface area (Å²) in [4.78, 5) is 11.0. The van der Waals surface area contributed by atoms with Crippen LogP contribution in [0, 0.1) is 0 Å². The second-order valence-corrected chi connectivity index (χ2v) is 2.52. The van der Waals surface area contributed by atoms with E-state index in [2.05, 4.69) is 17.5 Å². The molecule has 0 aliphatic carbocycles. The molecule has 0 aliphatic rings. The minimum absolute atomic E-state index is 0.00954. The molecule has 0 aliphatic heterocycles. The summed E-state index contributed by atoms with van der Waals surface area (Å²) in [6.45, 7) is 2.26. The van der Waals surface area contributed by atoms with E-state index in [9.17, 15) is 4.79 Å². The maximum Gasteiger partial charge on any atom is 0.220 e. The molecule has 0 atom stereocenters. The molecule has 0 saturated heterocycles. The number of carbonyl (C=O) groups excluding carboxylic acids is 1. The third-order valence-corrected chi connectivity index (χ3v) is 1.08. The van der Waals surface area contributed by atoms with Crippen LogP contribution >= 0.6 is 12.2 Å². The quantitative estimate of drug-likeness (QED) is 0.577. The largest absolute Gasteiger partial charge is 0.392 e. The van der Waals surface area contributed by atoms with Gasteiger partial charge in [-0.05, 0) is 6.42 Å². The number of amides is 1. The lowest BCUT2D eigenvalue weighted by atomic mass is 10.3. The van der Waals surface area contributed by atoms with E-state index in [4.69, 9.17) is 5.73 Å². The Hall–Kier alpha value is -0.640. The van der Waals surface area contributed by atoms with E-state index in [-0.39, 0.29) is 5.91 Å². The van der Waals surface area contributed by atoms with Gasteiger partial charge in [0.1, 0.15) is 0 Å². The van der Waals surface area contributed by atoms with Crippen LogP contribution in [-0.4, -0.2) is 17.4 Å². The molecule has 3 N–H and O–H groups in total. The Morgan fingerprint density at radius 1 is 1.70 bits per heavy atom. The van der Waals surface area contributed by atoms with Crippen molar-refractivity contribution in [3.8, 4) is 0 Å². The molecule has 0 bridgehead atoms.